The molecule has 0 aromatic carbocycles. The number of amides is 1. The van der Waals surface area contributed by atoms with Crippen molar-refractivity contribution in [2.24, 2.45) is 0 Å². The minimum Gasteiger partial charge on any atom is -0.369 e. The first-order valence-corrected chi connectivity index (χ1v) is 9.84. The highest BCUT2D eigenvalue weighted by Crippen LogP contribution is 2.28. The highest BCUT2D eigenvalue weighted by molar-refractivity contribution is 7.18. The van der Waals surface area contributed by atoms with Crippen molar-refractivity contribution in [3.8, 4) is 0 Å². The van der Waals surface area contributed by atoms with Crippen molar-refractivity contribution in [3.63, 3.8) is 0 Å². The van der Waals surface area contributed by atoms with Crippen molar-refractivity contribution in [1.29, 1.82) is 0 Å². The number of hydrogen-bond donors (Lipinski definition) is 2. The van der Waals surface area contributed by atoms with Crippen molar-refractivity contribution >= 4 is 33.3 Å². The molecular weight excluding hydrogens is 320 g/mol. The van der Waals surface area contributed by atoms with Gasteiger partial charge in [0.15, 0.2) is 0 Å². The summed E-state index contributed by atoms with van der Waals surface area (Å²) in [7, 11) is 0. The van der Waals surface area contributed by atoms with E-state index in [1.165, 1.54) is 30.6 Å². The van der Waals surface area contributed by atoms with E-state index in [-0.39, 0.29) is 5.91 Å². The summed E-state index contributed by atoms with van der Waals surface area (Å²) < 4.78 is 0. The number of aryl methyl sites for hydroxylation is 1. The largest absolute Gasteiger partial charge is 0.369 e. The van der Waals surface area contributed by atoms with Crippen LogP contribution in [0, 0.1) is 0 Å². The number of fused-ring (bicyclic) bond motifs is 1. The average molecular weight is 346 g/mol. The standard InChI is InChI=1S/C18H26N4OS/c1-2-14-11-15-17(20-12-21-18(15)24-14)19-10-9-16(23)22-13-7-5-3-4-6-8-13/h11-13H,2-10H2,1H3,(H,22,23)(H,19,20,21). The first-order valence-electron chi connectivity index (χ1n) is 9.03. The van der Waals surface area contributed by atoms with Gasteiger partial charge in [-0.2, -0.15) is 0 Å². The van der Waals surface area contributed by atoms with Gasteiger partial charge in [-0.05, 0) is 25.3 Å². The monoisotopic (exact) mass is 346 g/mol. The second kappa shape index (κ2) is 8.42. The fraction of sp³-hybridized carbons (Fsp3) is 0.611. The highest BCUT2D eigenvalue weighted by atomic mass is 32.1. The van der Waals surface area contributed by atoms with Crippen LogP contribution in [0.15, 0.2) is 12.4 Å². The van der Waals surface area contributed by atoms with E-state index in [9.17, 15) is 4.79 Å². The maximum absolute atomic E-state index is 12.1. The third-order valence-electron chi connectivity index (χ3n) is 4.59. The van der Waals surface area contributed by atoms with Gasteiger partial charge in [-0.3, -0.25) is 4.79 Å². The van der Waals surface area contributed by atoms with Crippen LogP contribution in [0.4, 0.5) is 5.82 Å². The Morgan fingerprint density at radius 2 is 2.04 bits per heavy atom. The molecule has 1 saturated carbocycles. The molecule has 130 valence electrons. The number of carbonyl (C=O) groups is 1. The normalized spacial score (nSPS) is 16.0. The number of carbonyl (C=O) groups excluding carboxylic acids is 1. The minimum absolute atomic E-state index is 0.138. The van der Waals surface area contributed by atoms with E-state index >= 15 is 0 Å². The van der Waals surface area contributed by atoms with Gasteiger partial charge in [0.05, 0.1) is 5.39 Å². The molecule has 1 aliphatic carbocycles. The molecule has 0 saturated heterocycles. The van der Waals surface area contributed by atoms with Crippen LogP contribution in [0.2, 0.25) is 0 Å². The smallest absolute Gasteiger partial charge is 0.221 e. The third-order valence-corrected chi connectivity index (χ3v) is 5.78. The second-order valence-electron chi connectivity index (χ2n) is 6.44. The average Bonchev–Trinajstić information content (AvgIpc) is 2.85. The molecule has 2 heterocycles. The van der Waals surface area contributed by atoms with E-state index in [1.807, 2.05) is 0 Å². The summed E-state index contributed by atoms with van der Waals surface area (Å²) in [5, 5.41) is 7.55. The summed E-state index contributed by atoms with van der Waals surface area (Å²) in [4.78, 5) is 23.1. The van der Waals surface area contributed by atoms with Gasteiger partial charge < -0.3 is 10.6 Å². The van der Waals surface area contributed by atoms with E-state index in [2.05, 4.69) is 33.6 Å². The Balaban J connectivity index is 1.50. The van der Waals surface area contributed by atoms with Crippen molar-refractivity contribution in [1.82, 2.24) is 15.3 Å². The van der Waals surface area contributed by atoms with Crippen LogP contribution in [-0.4, -0.2) is 28.5 Å². The van der Waals surface area contributed by atoms with Gasteiger partial charge in [0, 0.05) is 23.9 Å². The van der Waals surface area contributed by atoms with E-state index in [4.69, 9.17) is 0 Å². The molecule has 0 aliphatic heterocycles. The zero-order valence-corrected chi connectivity index (χ0v) is 15.1. The molecule has 2 aromatic heterocycles. The van der Waals surface area contributed by atoms with E-state index in [0.29, 0.717) is 19.0 Å². The number of anilines is 1. The Morgan fingerprint density at radius 3 is 2.79 bits per heavy atom. The van der Waals surface area contributed by atoms with Crippen LogP contribution in [-0.2, 0) is 11.2 Å². The summed E-state index contributed by atoms with van der Waals surface area (Å²) in [6.07, 6.45) is 10.4. The summed E-state index contributed by atoms with van der Waals surface area (Å²) in [5.74, 6) is 0.970. The first-order chi connectivity index (χ1) is 11.8. The number of nitrogens with zero attached hydrogens (tertiary/aromatic N) is 2. The molecule has 1 aliphatic rings. The molecular formula is C18H26N4OS. The summed E-state index contributed by atoms with van der Waals surface area (Å²) in [6.45, 7) is 2.74. The lowest BCUT2D eigenvalue weighted by atomic mass is 10.1. The van der Waals surface area contributed by atoms with Crippen LogP contribution in [0.3, 0.4) is 0 Å². The SMILES string of the molecule is CCc1cc2c(NCCC(=O)NC3CCCCCC3)ncnc2s1. The summed E-state index contributed by atoms with van der Waals surface area (Å²) in [5.41, 5.74) is 0. The second-order valence-corrected chi connectivity index (χ2v) is 7.56. The van der Waals surface area contributed by atoms with Crippen molar-refractivity contribution in [3.05, 3.63) is 17.3 Å². The lowest BCUT2D eigenvalue weighted by Crippen LogP contribution is -2.35. The topological polar surface area (TPSA) is 66.9 Å². The van der Waals surface area contributed by atoms with Crippen LogP contribution >= 0.6 is 11.3 Å². The molecule has 0 radical (unpaired) electrons. The maximum atomic E-state index is 12.1. The predicted molar refractivity (Wildman–Crippen MR) is 99.5 cm³/mol. The van der Waals surface area contributed by atoms with Crippen molar-refractivity contribution in [2.75, 3.05) is 11.9 Å². The van der Waals surface area contributed by atoms with Gasteiger partial charge in [-0.25, -0.2) is 9.97 Å². The molecule has 6 heteroatoms. The Kier molecular flexibility index (Phi) is 6.01. The molecule has 0 unspecified atom stereocenters. The maximum Gasteiger partial charge on any atom is 0.221 e. The molecule has 1 fully saturated rings. The number of rotatable bonds is 6. The highest BCUT2D eigenvalue weighted by Gasteiger charge is 2.14. The van der Waals surface area contributed by atoms with E-state index in [1.54, 1.807) is 17.7 Å². The van der Waals surface area contributed by atoms with Gasteiger partial charge >= 0.3 is 0 Å². The number of thiophene rings is 1. The zero-order valence-electron chi connectivity index (χ0n) is 14.3. The molecule has 5 nitrogen and oxygen atoms in total. The summed E-state index contributed by atoms with van der Waals surface area (Å²) in [6, 6.07) is 2.52. The Labute approximate surface area is 147 Å². The zero-order chi connectivity index (χ0) is 16.8. The van der Waals surface area contributed by atoms with Gasteiger partial charge in [0.25, 0.3) is 0 Å². The van der Waals surface area contributed by atoms with Gasteiger partial charge in [0.2, 0.25) is 5.91 Å². The predicted octanol–water partition coefficient (Wildman–Crippen LogP) is 3.89. The van der Waals surface area contributed by atoms with Crippen molar-refractivity contribution in [2.45, 2.75) is 64.3 Å². The van der Waals surface area contributed by atoms with Crippen LogP contribution in [0.5, 0.6) is 0 Å². The van der Waals surface area contributed by atoms with Crippen molar-refractivity contribution < 1.29 is 4.79 Å². The van der Waals surface area contributed by atoms with E-state index in [0.717, 1.165) is 35.3 Å². The molecule has 2 N–H and O–H groups in total. The lowest BCUT2D eigenvalue weighted by Gasteiger charge is -2.16. The number of aromatic nitrogens is 2. The first kappa shape index (κ1) is 17.1. The molecule has 24 heavy (non-hydrogen) atoms. The lowest BCUT2D eigenvalue weighted by molar-refractivity contribution is -0.121. The molecule has 3 rings (SSSR count). The third kappa shape index (κ3) is 4.44. The van der Waals surface area contributed by atoms with E-state index < -0.39 is 0 Å². The fourth-order valence-corrected chi connectivity index (χ4v) is 4.17. The molecule has 1 amide bonds. The minimum atomic E-state index is 0.138. The quantitative estimate of drug-likeness (QED) is 0.779. The Bertz CT molecular complexity index is 677. The van der Waals surface area contributed by atoms with Gasteiger partial charge in [0.1, 0.15) is 17.0 Å². The molecule has 0 bridgehead atoms. The van der Waals surface area contributed by atoms with Crippen LogP contribution in [0.25, 0.3) is 10.2 Å². The van der Waals surface area contributed by atoms with Gasteiger partial charge in [-0.1, -0.05) is 32.6 Å². The Morgan fingerprint density at radius 1 is 1.25 bits per heavy atom. The van der Waals surface area contributed by atoms with Crippen LogP contribution < -0.4 is 10.6 Å². The van der Waals surface area contributed by atoms with Crippen LogP contribution in [0.1, 0.15) is 56.7 Å². The Hall–Kier alpha value is -1.69. The molecule has 2 aromatic rings. The molecule has 0 spiro atoms. The fourth-order valence-electron chi connectivity index (χ4n) is 3.24. The van der Waals surface area contributed by atoms with Gasteiger partial charge in [-0.15, -0.1) is 11.3 Å². The number of hydrogen-bond acceptors (Lipinski definition) is 5. The molecule has 0 atom stereocenters. The summed E-state index contributed by atoms with van der Waals surface area (Å²) >= 11 is 1.71. The number of nitrogens with one attached hydrogen (secondary N) is 2.